The Morgan fingerprint density at radius 2 is 1.88 bits per heavy atom. The molecule has 1 heterocycles. The summed E-state index contributed by atoms with van der Waals surface area (Å²) in [5.74, 6) is -2.31. The van der Waals surface area contributed by atoms with Gasteiger partial charge in [0.25, 0.3) is 0 Å². The van der Waals surface area contributed by atoms with E-state index in [1.54, 1.807) is 24.3 Å². The number of rotatable bonds is 4. The molecule has 0 saturated carbocycles. The number of hydrogen-bond donors (Lipinski definition) is 2. The van der Waals surface area contributed by atoms with Crippen LogP contribution in [0.3, 0.4) is 0 Å². The fraction of sp³-hybridized carbons (Fsp3) is 0.263. The summed E-state index contributed by atoms with van der Waals surface area (Å²) < 4.78 is 19.5. The molecule has 1 amide bonds. The van der Waals surface area contributed by atoms with Crippen LogP contribution >= 0.6 is 11.6 Å². The fourth-order valence-corrected chi connectivity index (χ4v) is 3.34. The van der Waals surface area contributed by atoms with Crippen LogP contribution in [-0.2, 0) is 14.9 Å². The van der Waals surface area contributed by atoms with E-state index in [2.05, 4.69) is 5.32 Å². The van der Waals surface area contributed by atoms with E-state index in [0.29, 0.717) is 31.1 Å². The number of nitrogens with one attached hydrogen (secondary N) is 1. The molecule has 0 bridgehead atoms. The molecule has 7 heteroatoms. The highest BCUT2D eigenvalue weighted by molar-refractivity contribution is 6.30. The van der Waals surface area contributed by atoms with Crippen LogP contribution in [0.5, 0.6) is 0 Å². The summed E-state index contributed by atoms with van der Waals surface area (Å²) in [5.41, 5.74) is -0.469. The van der Waals surface area contributed by atoms with E-state index in [0.717, 1.165) is 23.8 Å². The van der Waals surface area contributed by atoms with E-state index < -0.39 is 23.1 Å². The third-order valence-electron chi connectivity index (χ3n) is 4.62. The average Bonchev–Trinajstić information content (AvgIpc) is 2.63. The number of benzene rings is 2. The molecule has 3 rings (SSSR count). The van der Waals surface area contributed by atoms with Gasteiger partial charge in [-0.15, -0.1) is 0 Å². The van der Waals surface area contributed by atoms with Gasteiger partial charge in [-0.2, -0.15) is 0 Å². The molecule has 1 aliphatic heterocycles. The number of carbonyl (C=O) groups excluding carboxylic acids is 1. The van der Waals surface area contributed by atoms with Crippen LogP contribution in [0.1, 0.15) is 28.8 Å². The number of ether oxygens (including phenoxy) is 1. The van der Waals surface area contributed by atoms with Crippen molar-refractivity contribution in [3.8, 4) is 0 Å². The van der Waals surface area contributed by atoms with E-state index >= 15 is 0 Å². The van der Waals surface area contributed by atoms with Gasteiger partial charge in [0.15, 0.2) is 0 Å². The van der Waals surface area contributed by atoms with Gasteiger partial charge in [-0.1, -0.05) is 23.7 Å². The van der Waals surface area contributed by atoms with Crippen LogP contribution < -0.4 is 5.32 Å². The molecule has 1 aliphatic rings. The molecule has 0 atom stereocenters. The highest BCUT2D eigenvalue weighted by Crippen LogP contribution is 2.37. The van der Waals surface area contributed by atoms with Crippen molar-refractivity contribution in [1.29, 1.82) is 0 Å². The Labute approximate surface area is 154 Å². The minimum Gasteiger partial charge on any atom is -0.478 e. The maximum absolute atomic E-state index is 14.1. The van der Waals surface area contributed by atoms with Crippen LogP contribution in [0.25, 0.3) is 0 Å². The van der Waals surface area contributed by atoms with Crippen LogP contribution in [0.4, 0.5) is 10.1 Å². The van der Waals surface area contributed by atoms with Crippen LogP contribution in [0.15, 0.2) is 42.5 Å². The summed E-state index contributed by atoms with van der Waals surface area (Å²) in [6.07, 6.45) is 0.832. The smallest absolute Gasteiger partial charge is 0.335 e. The van der Waals surface area contributed by atoms with Gasteiger partial charge in [0.05, 0.1) is 16.7 Å². The molecule has 0 aliphatic carbocycles. The molecule has 2 aromatic rings. The Morgan fingerprint density at radius 1 is 1.15 bits per heavy atom. The number of carbonyl (C=O) groups is 2. The first-order valence-electron chi connectivity index (χ1n) is 8.10. The van der Waals surface area contributed by atoms with Crippen molar-refractivity contribution in [2.24, 2.45) is 0 Å². The predicted octanol–water partition coefficient (Wildman–Crippen LogP) is 3.86. The van der Waals surface area contributed by atoms with Gasteiger partial charge in [0.1, 0.15) is 5.82 Å². The van der Waals surface area contributed by atoms with E-state index in [1.807, 2.05) is 0 Å². The van der Waals surface area contributed by atoms with Crippen molar-refractivity contribution in [2.75, 3.05) is 18.5 Å². The summed E-state index contributed by atoms with van der Waals surface area (Å²) in [5, 5.41) is 12.1. The van der Waals surface area contributed by atoms with E-state index in [4.69, 9.17) is 21.4 Å². The highest BCUT2D eigenvalue weighted by Gasteiger charge is 2.42. The predicted molar refractivity (Wildman–Crippen MR) is 95.2 cm³/mol. The van der Waals surface area contributed by atoms with Crippen molar-refractivity contribution in [2.45, 2.75) is 18.3 Å². The molecule has 0 spiro atoms. The summed E-state index contributed by atoms with van der Waals surface area (Å²) in [7, 11) is 0. The average molecular weight is 378 g/mol. The Morgan fingerprint density at radius 3 is 2.54 bits per heavy atom. The van der Waals surface area contributed by atoms with E-state index in [9.17, 15) is 14.0 Å². The topological polar surface area (TPSA) is 75.6 Å². The van der Waals surface area contributed by atoms with Crippen LogP contribution in [0, 0.1) is 5.82 Å². The lowest BCUT2D eigenvalue weighted by molar-refractivity contribution is -0.125. The molecule has 1 fully saturated rings. The second-order valence-corrected chi connectivity index (χ2v) is 6.60. The van der Waals surface area contributed by atoms with Crippen molar-refractivity contribution >= 4 is 29.2 Å². The Balaban J connectivity index is 1.97. The Bertz CT molecular complexity index is 849. The van der Waals surface area contributed by atoms with E-state index in [-0.39, 0.29) is 11.3 Å². The maximum atomic E-state index is 14.1. The quantitative estimate of drug-likeness (QED) is 0.848. The van der Waals surface area contributed by atoms with Crippen molar-refractivity contribution in [1.82, 2.24) is 0 Å². The molecule has 136 valence electrons. The monoisotopic (exact) mass is 377 g/mol. The molecule has 5 nitrogen and oxygen atoms in total. The second-order valence-electron chi connectivity index (χ2n) is 6.16. The SMILES string of the molecule is O=C(O)c1ccc(F)c(NC(=O)C2(c3cccc(Cl)c3)CCOCC2)c1. The number of hydrogen-bond acceptors (Lipinski definition) is 3. The standard InChI is InChI=1S/C19H17ClFNO4/c20-14-3-1-2-13(11-14)19(6-8-26-9-7-19)18(25)22-16-10-12(17(23)24)4-5-15(16)21/h1-5,10-11H,6-9H2,(H,22,25)(H,23,24). The molecule has 0 unspecified atom stereocenters. The zero-order valence-electron chi connectivity index (χ0n) is 13.8. The summed E-state index contributed by atoms with van der Waals surface area (Å²) >= 11 is 6.08. The molecule has 26 heavy (non-hydrogen) atoms. The van der Waals surface area contributed by atoms with Crippen molar-refractivity contribution in [3.63, 3.8) is 0 Å². The summed E-state index contributed by atoms with van der Waals surface area (Å²) in [6.45, 7) is 0.773. The number of carboxylic acid groups (broad SMARTS) is 1. The zero-order chi connectivity index (χ0) is 18.7. The first-order valence-corrected chi connectivity index (χ1v) is 8.48. The lowest BCUT2D eigenvalue weighted by Crippen LogP contribution is -2.45. The molecule has 2 N–H and O–H groups in total. The number of halogens is 2. The lowest BCUT2D eigenvalue weighted by atomic mass is 9.73. The largest absolute Gasteiger partial charge is 0.478 e. The normalized spacial score (nSPS) is 16.1. The van der Waals surface area contributed by atoms with Gasteiger partial charge in [-0.3, -0.25) is 4.79 Å². The summed E-state index contributed by atoms with van der Waals surface area (Å²) in [6, 6.07) is 10.3. The summed E-state index contributed by atoms with van der Waals surface area (Å²) in [4.78, 5) is 24.2. The Kier molecular flexibility index (Phi) is 5.25. The minimum absolute atomic E-state index is 0.106. The van der Waals surface area contributed by atoms with Gasteiger partial charge < -0.3 is 15.2 Å². The first kappa shape index (κ1) is 18.4. The third kappa shape index (κ3) is 3.57. The zero-order valence-corrected chi connectivity index (χ0v) is 14.6. The fourth-order valence-electron chi connectivity index (χ4n) is 3.15. The van der Waals surface area contributed by atoms with Crippen LogP contribution in [-0.4, -0.2) is 30.2 Å². The first-order chi connectivity index (χ1) is 12.4. The van der Waals surface area contributed by atoms with Gasteiger partial charge in [0.2, 0.25) is 5.91 Å². The second kappa shape index (κ2) is 7.43. The molecular weight excluding hydrogens is 361 g/mol. The maximum Gasteiger partial charge on any atom is 0.335 e. The van der Waals surface area contributed by atoms with E-state index in [1.165, 1.54) is 0 Å². The Hall–Kier alpha value is -2.44. The van der Waals surface area contributed by atoms with Gasteiger partial charge in [0, 0.05) is 18.2 Å². The van der Waals surface area contributed by atoms with Gasteiger partial charge in [-0.05, 0) is 48.7 Å². The molecule has 1 saturated heterocycles. The lowest BCUT2D eigenvalue weighted by Gasteiger charge is -2.36. The highest BCUT2D eigenvalue weighted by atomic mass is 35.5. The van der Waals surface area contributed by atoms with Crippen molar-refractivity contribution in [3.05, 3.63) is 64.4 Å². The van der Waals surface area contributed by atoms with Crippen molar-refractivity contribution < 1.29 is 23.8 Å². The molecular formula is C19H17ClFNO4. The molecule has 2 aromatic carbocycles. The van der Waals surface area contributed by atoms with Crippen LogP contribution in [0.2, 0.25) is 5.02 Å². The van der Waals surface area contributed by atoms with Gasteiger partial charge >= 0.3 is 5.97 Å². The minimum atomic E-state index is -1.20. The number of carboxylic acids is 1. The molecule has 0 aromatic heterocycles. The number of anilines is 1. The molecule has 0 radical (unpaired) electrons. The number of aromatic carboxylic acids is 1. The number of amides is 1. The van der Waals surface area contributed by atoms with Gasteiger partial charge in [-0.25, -0.2) is 9.18 Å². The third-order valence-corrected chi connectivity index (χ3v) is 4.85.